The molecule has 0 aliphatic rings. The first-order valence-corrected chi connectivity index (χ1v) is 8.94. The summed E-state index contributed by atoms with van der Waals surface area (Å²) >= 11 is 0. The molecule has 0 aliphatic heterocycles. The van der Waals surface area contributed by atoms with Gasteiger partial charge in [0.1, 0.15) is 36.5 Å². The van der Waals surface area contributed by atoms with Crippen LogP contribution in [-0.2, 0) is 19.1 Å². The van der Waals surface area contributed by atoms with Crippen LogP contribution in [0.15, 0.2) is 92.3 Å². The van der Waals surface area contributed by atoms with Crippen LogP contribution in [-0.4, -0.2) is 11.9 Å². The number of aryl methyl sites for hydroxylation is 1. The van der Waals surface area contributed by atoms with E-state index in [0.717, 1.165) is 29.0 Å². The third kappa shape index (κ3) is 6.83. The fraction of sp³-hybridized carbons (Fsp3) is 0.0833. The van der Waals surface area contributed by atoms with Crippen LogP contribution >= 0.6 is 0 Å². The first-order chi connectivity index (χ1) is 14.4. The summed E-state index contributed by atoms with van der Waals surface area (Å²) in [6, 6.07) is 13.1. The summed E-state index contributed by atoms with van der Waals surface area (Å²) in [7, 11) is 0. The Hall–Kier alpha value is -4.06. The van der Waals surface area contributed by atoms with Crippen LogP contribution in [0.1, 0.15) is 12.5 Å². The Morgan fingerprint density at radius 3 is 2.13 bits per heavy atom. The summed E-state index contributed by atoms with van der Waals surface area (Å²) in [4.78, 5) is 22.2. The van der Waals surface area contributed by atoms with Gasteiger partial charge < -0.3 is 18.9 Å². The highest BCUT2D eigenvalue weighted by Gasteiger charge is 2.04. The molecule has 0 saturated carbocycles. The molecule has 6 nitrogen and oxygen atoms in total. The lowest BCUT2D eigenvalue weighted by atomic mass is 10.0. The van der Waals surface area contributed by atoms with Gasteiger partial charge in [-0.3, -0.25) is 0 Å². The molecule has 30 heavy (non-hydrogen) atoms. The van der Waals surface area contributed by atoms with Crippen LogP contribution < -0.4 is 9.47 Å². The molecule has 2 rings (SSSR count). The standard InChI is InChI=1S/C24H22O6/c1-5-23(25)29-14-13-28-22-11-8-20(16-18(22)4)19-6-9-21(10-7-19)27-12-15-30-24(26)17(2)3/h5-16H,1-2H2,3-4H3/b14-13-,15-12-. The second-order valence-electron chi connectivity index (χ2n) is 6.11. The minimum Gasteiger partial charge on any atom is -0.462 e. The van der Waals surface area contributed by atoms with Gasteiger partial charge in [-0.15, -0.1) is 0 Å². The highest BCUT2D eigenvalue weighted by atomic mass is 16.5. The number of rotatable bonds is 9. The fourth-order valence-corrected chi connectivity index (χ4v) is 2.23. The Morgan fingerprint density at radius 1 is 0.867 bits per heavy atom. The zero-order valence-electron chi connectivity index (χ0n) is 16.8. The molecule has 2 aromatic carbocycles. The maximum absolute atomic E-state index is 11.3. The normalized spacial score (nSPS) is 10.6. The van der Waals surface area contributed by atoms with Gasteiger partial charge in [0.05, 0.1) is 0 Å². The predicted octanol–water partition coefficient (Wildman–Crippen LogP) is 5.21. The lowest BCUT2D eigenvalue weighted by Gasteiger charge is -2.08. The second-order valence-corrected chi connectivity index (χ2v) is 6.11. The molecular formula is C24H22O6. The van der Waals surface area contributed by atoms with Gasteiger partial charge in [0, 0.05) is 11.6 Å². The van der Waals surface area contributed by atoms with E-state index < -0.39 is 11.9 Å². The Kier molecular flexibility index (Phi) is 8.20. The van der Waals surface area contributed by atoms with E-state index in [4.69, 9.17) is 18.9 Å². The maximum Gasteiger partial charge on any atom is 0.338 e. The van der Waals surface area contributed by atoms with Crippen molar-refractivity contribution in [3.63, 3.8) is 0 Å². The van der Waals surface area contributed by atoms with Crippen molar-refractivity contribution in [3.8, 4) is 22.6 Å². The molecule has 154 valence electrons. The van der Waals surface area contributed by atoms with Gasteiger partial charge >= 0.3 is 11.9 Å². The van der Waals surface area contributed by atoms with Crippen LogP contribution in [0.2, 0.25) is 0 Å². The summed E-state index contributed by atoms with van der Waals surface area (Å²) in [5.74, 6) is 0.162. The van der Waals surface area contributed by atoms with E-state index in [9.17, 15) is 9.59 Å². The molecule has 0 saturated heterocycles. The van der Waals surface area contributed by atoms with E-state index >= 15 is 0 Å². The lowest BCUT2D eigenvalue weighted by Crippen LogP contribution is -1.99. The number of hydrogen-bond acceptors (Lipinski definition) is 6. The number of carbonyl (C=O) groups excluding carboxylic acids is 2. The molecule has 0 heterocycles. The van der Waals surface area contributed by atoms with Crippen molar-refractivity contribution in [3.05, 3.63) is 97.9 Å². The van der Waals surface area contributed by atoms with E-state index in [-0.39, 0.29) is 0 Å². The van der Waals surface area contributed by atoms with Gasteiger partial charge in [-0.1, -0.05) is 31.4 Å². The molecule has 0 unspecified atom stereocenters. The third-order valence-corrected chi connectivity index (χ3v) is 3.75. The zero-order chi connectivity index (χ0) is 21.9. The fourth-order valence-electron chi connectivity index (χ4n) is 2.23. The smallest absolute Gasteiger partial charge is 0.338 e. The first kappa shape index (κ1) is 22.2. The van der Waals surface area contributed by atoms with Crippen molar-refractivity contribution in [2.24, 2.45) is 0 Å². The summed E-state index contributed by atoms with van der Waals surface area (Å²) < 4.78 is 20.4. The Bertz CT molecular complexity index is 983. The molecule has 0 bridgehead atoms. The van der Waals surface area contributed by atoms with Gasteiger partial charge in [0.15, 0.2) is 0 Å². The SMILES string of the molecule is C=CC(=O)O/C=C\Oc1ccc(-c2ccc(O/C=C\OC(=O)C(=C)C)cc2)cc1C. The molecule has 6 heteroatoms. The van der Waals surface area contributed by atoms with Crippen LogP contribution in [0.4, 0.5) is 0 Å². The van der Waals surface area contributed by atoms with Crippen molar-refractivity contribution < 1.29 is 28.5 Å². The molecule has 0 N–H and O–H groups in total. The average Bonchev–Trinajstić information content (AvgIpc) is 2.75. The highest BCUT2D eigenvalue weighted by Crippen LogP contribution is 2.27. The first-order valence-electron chi connectivity index (χ1n) is 8.94. The Morgan fingerprint density at radius 2 is 1.50 bits per heavy atom. The van der Waals surface area contributed by atoms with Crippen LogP contribution in [0, 0.1) is 6.92 Å². The van der Waals surface area contributed by atoms with Crippen molar-refractivity contribution in [1.82, 2.24) is 0 Å². The van der Waals surface area contributed by atoms with Crippen molar-refractivity contribution >= 4 is 11.9 Å². The molecule has 0 fully saturated rings. The minimum absolute atomic E-state index is 0.308. The van der Waals surface area contributed by atoms with Gasteiger partial charge in [-0.05, 0) is 54.8 Å². The Labute approximate surface area is 175 Å². The molecule has 0 atom stereocenters. The number of carbonyl (C=O) groups is 2. The van der Waals surface area contributed by atoms with E-state index in [0.29, 0.717) is 17.1 Å². The summed E-state index contributed by atoms with van der Waals surface area (Å²) in [5, 5.41) is 0. The number of esters is 2. The molecule has 0 amide bonds. The Balaban J connectivity index is 1.96. The van der Waals surface area contributed by atoms with Crippen molar-refractivity contribution in [2.45, 2.75) is 13.8 Å². The van der Waals surface area contributed by atoms with Crippen LogP contribution in [0.25, 0.3) is 11.1 Å². The van der Waals surface area contributed by atoms with E-state index in [1.165, 1.54) is 18.8 Å². The van der Waals surface area contributed by atoms with E-state index in [1.54, 1.807) is 19.1 Å². The number of ether oxygens (including phenoxy) is 4. The van der Waals surface area contributed by atoms with Crippen molar-refractivity contribution in [2.75, 3.05) is 0 Å². The molecule has 0 aliphatic carbocycles. The van der Waals surface area contributed by atoms with Gasteiger partial charge in [-0.2, -0.15) is 0 Å². The monoisotopic (exact) mass is 406 g/mol. The highest BCUT2D eigenvalue weighted by molar-refractivity contribution is 5.87. The zero-order valence-corrected chi connectivity index (χ0v) is 16.8. The lowest BCUT2D eigenvalue weighted by molar-refractivity contribution is -0.134. The molecule has 0 radical (unpaired) electrons. The largest absolute Gasteiger partial charge is 0.462 e. The quantitative estimate of drug-likeness (QED) is 0.323. The van der Waals surface area contributed by atoms with Crippen LogP contribution in [0.5, 0.6) is 11.5 Å². The summed E-state index contributed by atoms with van der Waals surface area (Å²) in [5.41, 5.74) is 3.21. The molecule has 0 spiro atoms. The van der Waals surface area contributed by atoms with E-state index in [1.807, 2.05) is 37.3 Å². The second kappa shape index (κ2) is 11.1. The van der Waals surface area contributed by atoms with Crippen LogP contribution in [0.3, 0.4) is 0 Å². The predicted molar refractivity (Wildman–Crippen MR) is 113 cm³/mol. The number of benzene rings is 2. The number of hydrogen-bond donors (Lipinski definition) is 0. The third-order valence-electron chi connectivity index (χ3n) is 3.75. The van der Waals surface area contributed by atoms with E-state index in [2.05, 4.69) is 13.2 Å². The van der Waals surface area contributed by atoms with Gasteiger partial charge in [-0.25, -0.2) is 9.59 Å². The minimum atomic E-state index is -0.558. The van der Waals surface area contributed by atoms with Gasteiger partial charge in [0.25, 0.3) is 0 Å². The maximum atomic E-state index is 11.3. The summed E-state index contributed by atoms with van der Waals surface area (Å²) in [6.07, 6.45) is 5.96. The van der Waals surface area contributed by atoms with Crippen molar-refractivity contribution in [1.29, 1.82) is 0 Å². The summed E-state index contributed by atoms with van der Waals surface area (Å²) in [6.45, 7) is 10.3. The molecular weight excluding hydrogens is 384 g/mol. The molecule has 0 aromatic heterocycles. The average molecular weight is 406 g/mol. The topological polar surface area (TPSA) is 71.1 Å². The molecule has 2 aromatic rings. The van der Waals surface area contributed by atoms with Gasteiger partial charge in [0.2, 0.25) is 0 Å².